The molecule has 2 aromatic carbocycles. The first-order valence-electron chi connectivity index (χ1n) is 7.55. The van der Waals surface area contributed by atoms with E-state index in [2.05, 4.69) is 0 Å². The molecular formula is C17H20N2O3S. The molecule has 0 amide bonds. The number of rotatable bonds is 4. The molecule has 122 valence electrons. The van der Waals surface area contributed by atoms with Gasteiger partial charge in [-0.2, -0.15) is 4.31 Å². The van der Waals surface area contributed by atoms with Crippen LogP contribution in [0.4, 0.5) is 0 Å². The number of ether oxygens (including phenoxy) is 1. The van der Waals surface area contributed by atoms with Crippen molar-refractivity contribution in [2.75, 3.05) is 13.1 Å². The Morgan fingerprint density at radius 1 is 1.13 bits per heavy atom. The maximum atomic E-state index is 12.5. The van der Waals surface area contributed by atoms with Gasteiger partial charge in [-0.25, -0.2) is 8.42 Å². The summed E-state index contributed by atoms with van der Waals surface area (Å²) in [5.74, 6) is 1.33. The van der Waals surface area contributed by atoms with E-state index in [1.54, 1.807) is 24.3 Å². The molecule has 1 fully saturated rings. The Balaban J connectivity index is 1.76. The van der Waals surface area contributed by atoms with Crippen molar-refractivity contribution in [3.8, 4) is 11.5 Å². The first-order valence-corrected chi connectivity index (χ1v) is 8.99. The molecule has 1 atom stereocenters. The van der Waals surface area contributed by atoms with Crippen LogP contribution in [0.5, 0.6) is 11.5 Å². The lowest BCUT2D eigenvalue weighted by Gasteiger charge is -2.16. The predicted molar refractivity (Wildman–Crippen MR) is 89.0 cm³/mol. The quantitative estimate of drug-likeness (QED) is 0.934. The third kappa shape index (κ3) is 3.55. The average molecular weight is 332 g/mol. The normalized spacial score (nSPS) is 19.0. The van der Waals surface area contributed by atoms with Crippen molar-refractivity contribution in [2.24, 2.45) is 5.73 Å². The van der Waals surface area contributed by atoms with Gasteiger partial charge in [0.05, 0.1) is 4.90 Å². The molecule has 0 radical (unpaired) electrons. The standard InChI is InChI=1S/C17H20N2O3S/c1-13-3-2-4-16(11-13)22-15-5-7-17(8-6-15)23(20,21)19-10-9-14(18)12-19/h2-8,11,14H,9-10,12,18H2,1H3/t14-/m1/s1. The minimum Gasteiger partial charge on any atom is -0.457 e. The molecule has 6 heteroatoms. The van der Waals surface area contributed by atoms with Crippen molar-refractivity contribution in [1.82, 2.24) is 4.31 Å². The molecule has 2 aromatic rings. The maximum absolute atomic E-state index is 12.5. The van der Waals surface area contributed by atoms with Crippen molar-refractivity contribution in [3.63, 3.8) is 0 Å². The Bertz CT molecular complexity index is 788. The van der Waals surface area contributed by atoms with Crippen molar-refractivity contribution in [2.45, 2.75) is 24.3 Å². The summed E-state index contributed by atoms with van der Waals surface area (Å²) in [5.41, 5.74) is 6.90. The fourth-order valence-corrected chi connectivity index (χ4v) is 4.13. The van der Waals surface area contributed by atoms with Crippen LogP contribution in [0.2, 0.25) is 0 Å². The predicted octanol–water partition coefficient (Wildman–Crippen LogP) is 2.51. The van der Waals surface area contributed by atoms with Gasteiger partial charge in [-0.05, 0) is 55.3 Å². The van der Waals surface area contributed by atoms with E-state index in [-0.39, 0.29) is 10.9 Å². The van der Waals surface area contributed by atoms with Crippen LogP contribution in [0, 0.1) is 6.92 Å². The highest BCUT2D eigenvalue weighted by Gasteiger charge is 2.30. The molecule has 0 aromatic heterocycles. The van der Waals surface area contributed by atoms with Crippen molar-refractivity contribution < 1.29 is 13.2 Å². The molecule has 2 N–H and O–H groups in total. The van der Waals surface area contributed by atoms with Gasteiger partial charge in [-0.3, -0.25) is 0 Å². The smallest absolute Gasteiger partial charge is 0.243 e. The third-order valence-electron chi connectivity index (χ3n) is 3.87. The number of hydrogen-bond donors (Lipinski definition) is 1. The summed E-state index contributed by atoms with van der Waals surface area (Å²) in [7, 11) is -3.47. The van der Waals surface area contributed by atoms with Crippen LogP contribution < -0.4 is 10.5 Å². The first-order chi connectivity index (χ1) is 10.9. The van der Waals surface area contributed by atoms with Gasteiger partial charge in [0.2, 0.25) is 10.0 Å². The van der Waals surface area contributed by atoms with Gasteiger partial charge in [0.15, 0.2) is 0 Å². The van der Waals surface area contributed by atoms with Crippen LogP contribution in [-0.2, 0) is 10.0 Å². The van der Waals surface area contributed by atoms with E-state index in [0.717, 1.165) is 11.3 Å². The third-order valence-corrected chi connectivity index (χ3v) is 5.75. The Morgan fingerprint density at radius 2 is 1.87 bits per heavy atom. The second-order valence-electron chi connectivity index (χ2n) is 5.80. The van der Waals surface area contributed by atoms with E-state index < -0.39 is 10.0 Å². The highest BCUT2D eigenvalue weighted by molar-refractivity contribution is 7.89. The van der Waals surface area contributed by atoms with Gasteiger partial charge in [-0.15, -0.1) is 0 Å². The molecular weight excluding hydrogens is 312 g/mol. The Hall–Kier alpha value is -1.89. The van der Waals surface area contributed by atoms with Gasteiger partial charge in [0, 0.05) is 19.1 Å². The highest BCUT2D eigenvalue weighted by Crippen LogP contribution is 2.26. The van der Waals surface area contributed by atoms with Crippen molar-refractivity contribution >= 4 is 10.0 Å². The van der Waals surface area contributed by atoms with Crippen LogP contribution in [0.1, 0.15) is 12.0 Å². The highest BCUT2D eigenvalue weighted by atomic mass is 32.2. The summed E-state index contributed by atoms with van der Waals surface area (Å²) in [6.07, 6.45) is 0.702. The summed E-state index contributed by atoms with van der Waals surface area (Å²) in [6, 6.07) is 14.1. The molecule has 5 nitrogen and oxygen atoms in total. The average Bonchev–Trinajstić information content (AvgIpc) is 2.95. The van der Waals surface area contributed by atoms with Gasteiger partial charge in [0.1, 0.15) is 11.5 Å². The van der Waals surface area contributed by atoms with Gasteiger partial charge in [-0.1, -0.05) is 12.1 Å². The summed E-state index contributed by atoms with van der Waals surface area (Å²) in [4.78, 5) is 0.267. The van der Waals surface area contributed by atoms with E-state index in [4.69, 9.17) is 10.5 Å². The topological polar surface area (TPSA) is 72.6 Å². The lowest BCUT2D eigenvalue weighted by Crippen LogP contribution is -2.31. The second kappa shape index (κ2) is 6.31. The van der Waals surface area contributed by atoms with Crippen molar-refractivity contribution in [3.05, 3.63) is 54.1 Å². The first kappa shape index (κ1) is 16.0. The molecule has 3 rings (SSSR count). The van der Waals surface area contributed by atoms with Crippen LogP contribution in [0.3, 0.4) is 0 Å². The molecule has 1 aliphatic rings. The largest absolute Gasteiger partial charge is 0.457 e. The second-order valence-corrected chi connectivity index (χ2v) is 7.74. The van der Waals surface area contributed by atoms with Crippen LogP contribution in [0.15, 0.2) is 53.4 Å². The summed E-state index contributed by atoms with van der Waals surface area (Å²) < 4.78 is 32.2. The summed E-state index contributed by atoms with van der Waals surface area (Å²) in [6.45, 7) is 2.85. The summed E-state index contributed by atoms with van der Waals surface area (Å²) >= 11 is 0. The summed E-state index contributed by atoms with van der Waals surface area (Å²) in [5, 5.41) is 0. The zero-order valence-electron chi connectivity index (χ0n) is 13.0. The van der Waals surface area contributed by atoms with Crippen LogP contribution in [0.25, 0.3) is 0 Å². The monoisotopic (exact) mass is 332 g/mol. The molecule has 1 saturated heterocycles. The van der Waals surface area contributed by atoms with Gasteiger partial charge in [0.25, 0.3) is 0 Å². The fraction of sp³-hybridized carbons (Fsp3) is 0.294. The zero-order valence-corrected chi connectivity index (χ0v) is 13.8. The fourth-order valence-electron chi connectivity index (χ4n) is 2.62. The van der Waals surface area contributed by atoms with E-state index in [9.17, 15) is 8.42 Å². The molecule has 0 bridgehead atoms. The molecule has 1 heterocycles. The maximum Gasteiger partial charge on any atom is 0.243 e. The number of hydrogen-bond acceptors (Lipinski definition) is 4. The minimum absolute atomic E-state index is 0.0753. The van der Waals surface area contributed by atoms with Gasteiger partial charge < -0.3 is 10.5 Å². The number of nitrogens with zero attached hydrogens (tertiary/aromatic N) is 1. The molecule has 0 spiro atoms. The molecule has 0 aliphatic carbocycles. The lowest BCUT2D eigenvalue weighted by molar-refractivity contribution is 0.471. The SMILES string of the molecule is Cc1cccc(Oc2ccc(S(=O)(=O)N3CC[C@@H](N)C3)cc2)c1. The number of benzene rings is 2. The number of sulfonamides is 1. The molecule has 23 heavy (non-hydrogen) atoms. The molecule has 1 aliphatic heterocycles. The van der Waals surface area contributed by atoms with Crippen LogP contribution in [-0.4, -0.2) is 31.9 Å². The molecule has 0 unspecified atom stereocenters. The van der Waals surface area contributed by atoms with E-state index in [0.29, 0.717) is 25.3 Å². The minimum atomic E-state index is -3.47. The lowest BCUT2D eigenvalue weighted by atomic mass is 10.2. The van der Waals surface area contributed by atoms with E-state index in [1.165, 1.54) is 4.31 Å². The number of aryl methyl sites for hydroxylation is 1. The Morgan fingerprint density at radius 3 is 2.48 bits per heavy atom. The van der Waals surface area contributed by atoms with E-state index in [1.807, 2.05) is 31.2 Å². The zero-order chi connectivity index (χ0) is 16.4. The number of nitrogens with two attached hydrogens (primary N) is 1. The van der Waals surface area contributed by atoms with Crippen molar-refractivity contribution in [1.29, 1.82) is 0 Å². The molecule has 0 saturated carbocycles. The Kier molecular flexibility index (Phi) is 4.39. The van der Waals surface area contributed by atoms with Crippen LogP contribution >= 0.6 is 0 Å². The Labute approximate surface area is 136 Å². The van der Waals surface area contributed by atoms with Gasteiger partial charge >= 0.3 is 0 Å². The van der Waals surface area contributed by atoms with E-state index >= 15 is 0 Å².